The molecule has 0 aromatic heterocycles. The van der Waals surface area contributed by atoms with Gasteiger partial charge in [0, 0.05) is 6.54 Å². The van der Waals surface area contributed by atoms with E-state index in [1.165, 1.54) is 7.11 Å². The predicted octanol–water partition coefficient (Wildman–Crippen LogP) is 2.13. The van der Waals surface area contributed by atoms with E-state index in [-0.39, 0.29) is 6.54 Å². The Bertz CT molecular complexity index is 744. The van der Waals surface area contributed by atoms with Gasteiger partial charge in [-0.25, -0.2) is 0 Å². The van der Waals surface area contributed by atoms with Gasteiger partial charge < -0.3 is 20.5 Å². The van der Waals surface area contributed by atoms with E-state index in [1.807, 2.05) is 30.3 Å². The molecule has 2 amide bonds. The summed E-state index contributed by atoms with van der Waals surface area (Å²) < 4.78 is 5.13. The number of methoxy groups -OCH3 is 1. The zero-order chi connectivity index (χ0) is 19.0. The smallest absolute Gasteiger partial charge is 0.313 e. The molecule has 0 spiro atoms. The lowest BCUT2D eigenvalue weighted by molar-refractivity contribution is -0.136. The Morgan fingerprint density at radius 3 is 2.38 bits per heavy atom. The van der Waals surface area contributed by atoms with E-state index < -0.39 is 17.4 Å². The summed E-state index contributed by atoms with van der Waals surface area (Å²) in [4.78, 5) is 24.0. The van der Waals surface area contributed by atoms with Gasteiger partial charge in [-0.3, -0.25) is 9.59 Å². The number of benzene rings is 2. The van der Waals surface area contributed by atoms with Gasteiger partial charge in [0.1, 0.15) is 5.75 Å². The summed E-state index contributed by atoms with van der Waals surface area (Å²) in [5.41, 5.74) is 0.398. The Labute approximate surface area is 153 Å². The third-order valence-electron chi connectivity index (χ3n) is 3.99. The minimum Gasteiger partial charge on any atom is -0.495 e. The molecular formula is C20H24N2O4. The standard InChI is InChI=1S/C20H24N2O4/c1-20(25,13-12-15-8-4-3-5-9-15)14-21-18(23)19(24)22-16-10-6-7-11-17(16)26-2/h3-11,25H,12-14H2,1-2H3,(H,21,23)(H,22,24). The fourth-order valence-corrected chi connectivity index (χ4v) is 2.42. The Balaban J connectivity index is 1.83. The number of aryl methyl sites for hydroxylation is 1. The topological polar surface area (TPSA) is 87.7 Å². The maximum atomic E-state index is 12.0. The predicted molar refractivity (Wildman–Crippen MR) is 100 cm³/mol. The van der Waals surface area contributed by atoms with Crippen molar-refractivity contribution >= 4 is 17.5 Å². The number of hydrogen-bond acceptors (Lipinski definition) is 4. The first-order valence-electron chi connectivity index (χ1n) is 8.40. The molecule has 2 aromatic carbocycles. The number of hydrogen-bond donors (Lipinski definition) is 3. The molecule has 0 aliphatic heterocycles. The monoisotopic (exact) mass is 356 g/mol. The largest absolute Gasteiger partial charge is 0.495 e. The van der Waals surface area contributed by atoms with Gasteiger partial charge in [0.15, 0.2) is 0 Å². The van der Waals surface area contributed by atoms with Crippen LogP contribution in [0.5, 0.6) is 5.75 Å². The van der Waals surface area contributed by atoms with Gasteiger partial charge in [-0.15, -0.1) is 0 Å². The van der Waals surface area contributed by atoms with Crippen molar-refractivity contribution in [1.29, 1.82) is 0 Å². The van der Waals surface area contributed by atoms with Crippen molar-refractivity contribution in [3.8, 4) is 5.75 Å². The highest BCUT2D eigenvalue weighted by Crippen LogP contribution is 2.22. The number of amides is 2. The van der Waals surface area contributed by atoms with Gasteiger partial charge in [0.25, 0.3) is 0 Å². The minimum atomic E-state index is -1.11. The van der Waals surface area contributed by atoms with Crippen molar-refractivity contribution < 1.29 is 19.4 Å². The van der Waals surface area contributed by atoms with E-state index in [0.29, 0.717) is 24.3 Å². The van der Waals surface area contributed by atoms with Crippen molar-refractivity contribution in [2.24, 2.45) is 0 Å². The molecular weight excluding hydrogens is 332 g/mol. The van der Waals surface area contributed by atoms with E-state index in [4.69, 9.17) is 4.74 Å². The van der Waals surface area contributed by atoms with E-state index in [9.17, 15) is 14.7 Å². The molecule has 138 valence electrons. The number of carbonyl (C=O) groups excluding carboxylic acids is 2. The molecule has 0 aliphatic carbocycles. The molecule has 1 unspecified atom stereocenters. The summed E-state index contributed by atoms with van der Waals surface area (Å²) >= 11 is 0. The number of rotatable bonds is 7. The number of carbonyl (C=O) groups is 2. The van der Waals surface area contributed by atoms with Gasteiger partial charge in [-0.2, -0.15) is 0 Å². The van der Waals surface area contributed by atoms with Crippen molar-refractivity contribution in [2.45, 2.75) is 25.4 Å². The van der Waals surface area contributed by atoms with Crippen LogP contribution < -0.4 is 15.4 Å². The van der Waals surface area contributed by atoms with Crippen LogP contribution in [0.15, 0.2) is 54.6 Å². The van der Waals surface area contributed by atoms with Crippen LogP contribution in [-0.4, -0.2) is 36.2 Å². The number of aliphatic hydroxyl groups is 1. The highest BCUT2D eigenvalue weighted by Gasteiger charge is 2.23. The Morgan fingerprint density at radius 1 is 1.04 bits per heavy atom. The van der Waals surface area contributed by atoms with Crippen LogP contribution in [0.3, 0.4) is 0 Å². The summed E-state index contributed by atoms with van der Waals surface area (Å²) in [5, 5.41) is 15.4. The third kappa shape index (κ3) is 5.89. The second kappa shape index (κ2) is 9.01. The number of para-hydroxylation sites is 2. The summed E-state index contributed by atoms with van der Waals surface area (Å²) in [7, 11) is 1.48. The first-order valence-corrected chi connectivity index (χ1v) is 8.40. The van der Waals surface area contributed by atoms with E-state index in [1.54, 1.807) is 31.2 Å². The molecule has 0 bridgehead atoms. The molecule has 0 saturated carbocycles. The second-order valence-electron chi connectivity index (χ2n) is 6.32. The summed E-state index contributed by atoms with van der Waals surface area (Å²) in [5.74, 6) is -1.16. The van der Waals surface area contributed by atoms with Gasteiger partial charge in [0.05, 0.1) is 18.4 Å². The molecule has 0 saturated heterocycles. The van der Waals surface area contributed by atoms with Crippen LogP contribution in [-0.2, 0) is 16.0 Å². The van der Waals surface area contributed by atoms with E-state index in [0.717, 1.165) is 5.56 Å². The minimum absolute atomic E-state index is 0.0159. The Morgan fingerprint density at radius 2 is 1.69 bits per heavy atom. The van der Waals surface area contributed by atoms with Crippen molar-refractivity contribution in [3.63, 3.8) is 0 Å². The number of anilines is 1. The van der Waals surface area contributed by atoms with Gasteiger partial charge in [-0.05, 0) is 37.5 Å². The lowest BCUT2D eigenvalue weighted by Crippen LogP contribution is -2.44. The van der Waals surface area contributed by atoms with Gasteiger partial charge >= 0.3 is 11.8 Å². The van der Waals surface area contributed by atoms with Crippen molar-refractivity contribution in [1.82, 2.24) is 5.32 Å². The molecule has 0 heterocycles. The third-order valence-corrected chi connectivity index (χ3v) is 3.99. The van der Waals surface area contributed by atoms with Crippen LogP contribution in [0.25, 0.3) is 0 Å². The summed E-state index contributed by atoms with van der Waals surface area (Å²) in [6, 6.07) is 16.6. The zero-order valence-electron chi connectivity index (χ0n) is 15.0. The summed E-state index contributed by atoms with van der Waals surface area (Å²) in [6.45, 7) is 1.62. The Kier molecular flexibility index (Phi) is 6.74. The quantitative estimate of drug-likeness (QED) is 0.663. The number of ether oxygens (including phenoxy) is 1. The summed E-state index contributed by atoms with van der Waals surface area (Å²) in [6.07, 6.45) is 1.14. The zero-order valence-corrected chi connectivity index (χ0v) is 15.0. The van der Waals surface area contributed by atoms with Gasteiger partial charge in [-0.1, -0.05) is 42.5 Å². The van der Waals surface area contributed by atoms with E-state index >= 15 is 0 Å². The van der Waals surface area contributed by atoms with Crippen LogP contribution in [0, 0.1) is 0 Å². The van der Waals surface area contributed by atoms with Gasteiger partial charge in [0.2, 0.25) is 0 Å². The average molecular weight is 356 g/mol. The first-order chi connectivity index (χ1) is 12.4. The maximum absolute atomic E-state index is 12.0. The molecule has 0 radical (unpaired) electrons. The lowest BCUT2D eigenvalue weighted by atomic mass is 9.97. The molecule has 1 atom stereocenters. The molecule has 6 heteroatoms. The fourth-order valence-electron chi connectivity index (χ4n) is 2.42. The normalized spacial score (nSPS) is 12.7. The highest BCUT2D eigenvalue weighted by atomic mass is 16.5. The highest BCUT2D eigenvalue weighted by molar-refractivity contribution is 6.39. The fraction of sp³-hybridized carbons (Fsp3) is 0.300. The molecule has 26 heavy (non-hydrogen) atoms. The average Bonchev–Trinajstić information content (AvgIpc) is 2.66. The number of nitrogens with one attached hydrogen (secondary N) is 2. The molecule has 2 aromatic rings. The SMILES string of the molecule is COc1ccccc1NC(=O)C(=O)NCC(C)(O)CCc1ccccc1. The molecule has 3 N–H and O–H groups in total. The molecule has 0 aliphatic rings. The van der Waals surface area contributed by atoms with Crippen molar-refractivity contribution in [2.75, 3.05) is 19.0 Å². The Hall–Kier alpha value is -2.86. The lowest BCUT2D eigenvalue weighted by Gasteiger charge is -2.23. The molecule has 0 fully saturated rings. The first kappa shape index (κ1) is 19.5. The second-order valence-corrected chi connectivity index (χ2v) is 6.32. The van der Waals surface area contributed by atoms with Crippen LogP contribution in [0.1, 0.15) is 18.9 Å². The maximum Gasteiger partial charge on any atom is 0.313 e. The van der Waals surface area contributed by atoms with E-state index in [2.05, 4.69) is 10.6 Å². The van der Waals surface area contributed by atoms with Crippen LogP contribution in [0.4, 0.5) is 5.69 Å². The van der Waals surface area contributed by atoms with Crippen molar-refractivity contribution in [3.05, 3.63) is 60.2 Å². The van der Waals surface area contributed by atoms with Crippen LogP contribution >= 0.6 is 0 Å². The molecule has 6 nitrogen and oxygen atoms in total. The van der Waals surface area contributed by atoms with Crippen LogP contribution in [0.2, 0.25) is 0 Å². The molecule has 2 rings (SSSR count).